The number of unbranched alkanes of at least 4 members (excludes halogenated alkanes) is 1. The summed E-state index contributed by atoms with van der Waals surface area (Å²) < 4.78 is 0. The molecular formula is C9H15N5O3. The number of aromatic nitrogens is 3. The highest BCUT2D eigenvalue weighted by molar-refractivity contribution is 5.82. The zero-order chi connectivity index (χ0) is 12.7. The van der Waals surface area contributed by atoms with Gasteiger partial charge in [-0.05, 0) is 25.8 Å². The van der Waals surface area contributed by atoms with Gasteiger partial charge in [-0.15, -0.1) is 0 Å². The van der Waals surface area contributed by atoms with E-state index in [1.807, 2.05) is 0 Å². The SMILES string of the molecule is NCCCC[C@H](NC(=O)n1nccn1)C(=O)O. The van der Waals surface area contributed by atoms with Gasteiger partial charge >= 0.3 is 12.0 Å². The first-order valence-electron chi connectivity index (χ1n) is 5.25. The minimum atomic E-state index is -1.08. The van der Waals surface area contributed by atoms with E-state index in [0.717, 1.165) is 11.2 Å². The minimum Gasteiger partial charge on any atom is -0.480 e. The molecule has 4 N–H and O–H groups in total. The molecular weight excluding hydrogens is 226 g/mol. The number of amides is 1. The molecule has 0 aromatic carbocycles. The molecule has 1 atom stereocenters. The van der Waals surface area contributed by atoms with Crippen molar-refractivity contribution in [1.29, 1.82) is 0 Å². The average Bonchev–Trinajstić information content (AvgIpc) is 2.81. The van der Waals surface area contributed by atoms with E-state index in [-0.39, 0.29) is 0 Å². The standard InChI is InChI=1S/C9H15N5O3/c10-4-2-1-3-7(8(15)16)13-9(17)14-11-5-6-12-14/h5-7H,1-4,10H2,(H,13,17)(H,15,16)/t7-/m0/s1. The Morgan fingerprint density at radius 1 is 1.35 bits per heavy atom. The zero-order valence-electron chi connectivity index (χ0n) is 9.24. The van der Waals surface area contributed by atoms with E-state index < -0.39 is 18.0 Å². The lowest BCUT2D eigenvalue weighted by Crippen LogP contribution is -2.43. The van der Waals surface area contributed by atoms with Crippen LogP contribution in [0.25, 0.3) is 0 Å². The van der Waals surface area contributed by atoms with E-state index in [1.54, 1.807) is 0 Å². The van der Waals surface area contributed by atoms with Crippen molar-refractivity contribution < 1.29 is 14.7 Å². The number of carbonyl (C=O) groups excluding carboxylic acids is 1. The molecule has 0 aliphatic rings. The molecule has 0 aliphatic heterocycles. The third-order valence-corrected chi connectivity index (χ3v) is 2.14. The Bertz CT molecular complexity index is 365. The van der Waals surface area contributed by atoms with Gasteiger partial charge in [0, 0.05) is 0 Å². The van der Waals surface area contributed by atoms with Crippen LogP contribution in [0.5, 0.6) is 0 Å². The Labute approximate surface area is 97.8 Å². The van der Waals surface area contributed by atoms with Crippen LogP contribution in [0.3, 0.4) is 0 Å². The number of hydrogen-bond donors (Lipinski definition) is 3. The van der Waals surface area contributed by atoms with Crippen molar-refractivity contribution >= 4 is 12.0 Å². The summed E-state index contributed by atoms with van der Waals surface area (Å²) in [6.07, 6.45) is 4.37. The van der Waals surface area contributed by atoms with Gasteiger partial charge in [0.25, 0.3) is 0 Å². The number of nitrogens with one attached hydrogen (secondary N) is 1. The molecule has 1 amide bonds. The molecule has 0 saturated carbocycles. The van der Waals surface area contributed by atoms with E-state index in [2.05, 4.69) is 15.5 Å². The number of carboxylic acids is 1. The van der Waals surface area contributed by atoms with E-state index in [4.69, 9.17) is 10.8 Å². The van der Waals surface area contributed by atoms with Gasteiger partial charge in [0.1, 0.15) is 6.04 Å². The van der Waals surface area contributed by atoms with Crippen molar-refractivity contribution in [3.8, 4) is 0 Å². The second-order valence-electron chi connectivity index (χ2n) is 3.44. The van der Waals surface area contributed by atoms with Crippen molar-refractivity contribution in [2.24, 2.45) is 5.73 Å². The first-order chi connectivity index (χ1) is 8.15. The van der Waals surface area contributed by atoms with Crippen molar-refractivity contribution in [2.45, 2.75) is 25.3 Å². The van der Waals surface area contributed by atoms with Crippen molar-refractivity contribution in [3.05, 3.63) is 12.4 Å². The van der Waals surface area contributed by atoms with Gasteiger partial charge in [-0.3, -0.25) is 0 Å². The highest BCUT2D eigenvalue weighted by Crippen LogP contribution is 2.01. The second-order valence-corrected chi connectivity index (χ2v) is 3.44. The van der Waals surface area contributed by atoms with Crippen molar-refractivity contribution in [2.75, 3.05) is 6.54 Å². The summed E-state index contributed by atoms with van der Waals surface area (Å²) in [6, 6.07) is -1.60. The topological polar surface area (TPSA) is 123 Å². The summed E-state index contributed by atoms with van der Waals surface area (Å²) in [5.41, 5.74) is 5.31. The maximum absolute atomic E-state index is 11.5. The molecule has 0 saturated heterocycles. The fraction of sp³-hybridized carbons (Fsp3) is 0.556. The van der Waals surface area contributed by atoms with Crippen LogP contribution < -0.4 is 11.1 Å². The predicted molar refractivity (Wildman–Crippen MR) is 58.3 cm³/mol. The van der Waals surface area contributed by atoms with Gasteiger partial charge in [0.05, 0.1) is 12.4 Å². The van der Waals surface area contributed by atoms with Crippen LogP contribution in [0.1, 0.15) is 19.3 Å². The lowest BCUT2D eigenvalue weighted by atomic mass is 10.1. The van der Waals surface area contributed by atoms with Crippen LogP contribution in [-0.4, -0.2) is 44.7 Å². The van der Waals surface area contributed by atoms with Gasteiger partial charge in [-0.1, -0.05) is 4.80 Å². The number of nitrogens with two attached hydrogens (primary N) is 1. The number of aliphatic carboxylic acids is 1. The van der Waals surface area contributed by atoms with Gasteiger partial charge in [0.15, 0.2) is 0 Å². The van der Waals surface area contributed by atoms with Crippen LogP contribution in [0.2, 0.25) is 0 Å². The summed E-state index contributed by atoms with van der Waals surface area (Å²) in [5.74, 6) is -1.08. The number of carbonyl (C=O) groups is 2. The summed E-state index contributed by atoms with van der Waals surface area (Å²) in [4.78, 5) is 23.2. The molecule has 0 fully saturated rings. The highest BCUT2D eigenvalue weighted by Gasteiger charge is 2.20. The molecule has 1 heterocycles. The first kappa shape index (κ1) is 13.1. The average molecular weight is 241 g/mol. The fourth-order valence-corrected chi connectivity index (χ4v) is 1.28. The molecule has 0 radical (unpaired) electrons. The van der Waals surface area contributed by atoms with Gasteiger partial charge in [0.2, 0.25) is 0 Å². The van der Waals surface area contributed by atoms with Gasteiger partial charge in [-0.25, -0.2) is 9.59 Å². The second kappa shape index (κ2) is 6.59. The minimum absolute atomic E-state index is 0.333. The molecule has 8 nitrogen and oxygen atoms in total. The van der Waals surface area contributed by atoms with Crippen LogP contribution >= 0.6 is 0 Å². The highest BCUT2D eigenvalue weighted by atomic mass is 16.4. The smallest absolute Gasteiger partial charge is 0.360 e. The summed E-state index contributed by atoms with van der Waals surface area (Å²) in [6.45, 7) is 0.501. The third-order valence-electron chi connectivity index (χ3n) is 2.14. The van der Waals surface area contributed by atoms with Crippen molar-refractivity contribution in [1.82, 2.24) is 20.3 Å². The van der Waals surface area contributed by atoms with E-state index in [0.29, 0.717) is 19.4 Å². The Kier molecular flexibility index (Phi) is 5.08. The number of rotatable bonds is 6. The lowest BCUT2D eigenvalue weighted by molar-refractivity contribution is -0.139. The maximum Gasteiger partial charge on any atom is 0.360 e. The van der Waals surface area contributed by atoms with Crippen LogP contribution in [0.4, 0.5) is 4.79 Å². The number of carboxylic acid groups (broad SMARTS) is 1. The molecule has 17 heavy (non-hydrogen) atoms. The summed E-state index contributed by atoms with van der Waals surface area (Å²) in [7, 11) is 0. The molecule has 1 aromatic heterocycles. The van der Waals surface area contributed by atoms with Crippen LogP contribution in [0, 0.1) is 0 Å². The summed E-state index contributed by atoms with van der Waals surface area (Å²) >= 11 is 0. The Morgan fingerprint density at radius 2 is 2.00 bits per heavy atom. The maximum atomic E-state index is 11.5. The molecule has 1 aromatic rings. The first-order valence-corrected chi connectivity index (χ1v) is 5.25. The zero-order valence-corrected chi connectivity index (χ0v) is 9.24. The molecule has 0 aliphatic carbocycles. The fourth-order valence-electron chi connectivity index (χ4n) is 1.28. The largest absolute Gasteiger partial charge is 0.480 e. The predicted octanol–water partition coefficient (Wildman–Crippen LogP) is -0.582. The monoisotopic (exact) mass is 241 g/mol. The number of hydrogen-bond acceptors (Lipinski definition) is 5. The molecule has 0 unspecified atom stereocenters. The van der Waals surface area contributed by atoms with E-state index >= 15 is 0 Å². The molecule has 94 valence electrons. The Balaban J connectivity index is 2.49. The summed E-state index contributed by atoms with van der Waals surface area (Å²) in [5, 5.41) is 18.5. The molecule has 1 rings (SSSR count). The third kappa shape index (κ3) is 4.19. The van der Waals surface area contributed by atoms with Gasteiger partial charge < -0.3 is 16.2 Å². The Hall–Kier alpha value is -1.96. The normalized spacial score (nSPS) is 12.1. The van der Waals surface area contributed by atoms with Crippen molar-refractivity contribution in [3.63, 3.8) is 0 Å². The molecule has 0 bridgehead atoms. The molecule has 0 spiro atoms. The van der Waals surface area contributed by atoms with Crippen LogP contribution in [0.15, 0.2) is 12.4 Å². The van der Waals surface area contributed by atoms with E-state index in [1.165, 1.54) is 12.4 Å². The van der Waals surface area contributed by atoms with E-state index in [9.17, 15) is 9.59 Å². The number of nitrogens with zero attached hydrogens (tertiary/aromatic N) is 3. The lowest BCUT2D eigenvalue weighted by Gasteiger charge is -2.13. The quantitative estimate of drug-likeness (QED) is 0.572. The van der Waals surface area contributed by atoms with Gasteiger partial charge in [-0.2, -0.15) is 10.2 Å². The van der Waals surface area contributed by atoms with Crippen LogP contribution in [-0.2, 0) is 4.79 Å². The Morgan fingerprint density at radius 3 is 2.53 bits per heavy atom. The molecule has 8 heteroatoms.